The molecule has 0 saturated carbocycles. The third kappa shape index (κ3) is 6.83. The fourth-order valence-electron chi connectivity index (χ4n) is 1.18. The van der Waals surface area contributed by atoms with Crippen LogP contribution in [-0.4, -0.2) is 30.9 Å². The van der Waals surface area contributed by atoms with Crippen LogP contribution < -0.4 is 10.1 Å². The first-order chi connectivity index (χ1) is 8.08. The second-order valence-electron chi connectivity index (χ2n) is 3.57. The van der Waals surface area contributed by atoms with Crippen molar-refractivity contribution < 1.29 is 9.84 Å². The number of aliphatic hydroxyl groups is 1. The molecule has 0 aliphatic rings. The van der Waals surface area contributed by atoms with E-state index in [0.29, 0.717) is 13.1 Å². The minimum atomic E-state index is -0.541. The highest BCUT2D eigenvalue weighted by Crippen LogP contribution is 2.17. The number of ether oxygens (including phenoxy) is 1. The Bertz CT molecular complexity index is 371. The standard InChI is InChI=1S/C12H15Br2NO2/c1-9(13)6-15-7-11(16)8-17-12-4-2-3-10(14)5-12/h2-5,11,15-16H,1,6-8H2. The van der Waals surface area contributed by atoms with Gasteiger partial charge in [-0.15, -0.1) is 0 Å². The van der Waals surface area contributed by atoms with E-state index in [9.17, 15) is 5.11 Å². The van der Waals surface area contributed by atoms with Gasteiger partial charge in [-0.05, 0) is 18.2 Å². The van der Waals surface area contributed by atoms with Gasteiger partial charge in [-0.25, -0.2) is 0 Å². The first-order valence-electron chi connectivity index (χ1n) is 5.18. The van der Waals surface area contributed by atoms with Crippen LogP contribution in [0.2, 0.25) is 0 Å². The highest BCUT2D eigenvalue weighted by atomic mass is 79.9. The molecule has 2 N–H and O–H groups in total. The first-order valence-corrected chi connectivity index (χ1v) is 6.77. The average molecular weight is 365 g/mol. The van der Waals surface area contributed by atoms with Crippen molar-refractivity contribution in [3.8, 4) is 5.75 Å². The van der Waals surface area contributed by atoms with Gasteiger partial charge in [0, 0.05) is 22.0 Å². The molecule has 1 atom stereocenters. The summed E-state index contributed by atoms with van der Waals surface area (Å²) < 4.78 is 7.27. The number of hydrogen-bond acceptors (Lipinski definition) is 3. The van der Waals surface area contributed by atoms with Crippen LogP contribution in [0.4, 0.5) is 0 Å². The molecule has 3 nitrogen and oxygen atoms in total. The number of aliphatic hydroxyl groups excluding tert-OH is 1. The molecule has 0 aliphatic carbocycles. The van der Waals surface area contributed by atoms with Crippen LogP contribution in [-0.2, 0) is 0 Å². The monoisotopic (exact) mass is 363 g/mol. The molecular weight excluding hydrogens is 350 g/mol. The molecule has 0 heterocycles. The van der Waals surface area contributed by atoms with Crippen LogP contribution >= 0.6 is 31.9 Å². The number of halogens is 2. The predicted molar refractivity (Wildman–Crippen MR) is 76.6 cm³/mol. The van der Waals surface area contributed by atoms with Crippen LogP contribution in [0.15, 0.2) is 39.8 Å². The molecule has 1 rings (SSSR count). The Morgan fingerprint density at radius 3 is 2.94 bits per heavy atom. The molecule has 94 valence electrons. The topological polar surface area (TPSA) is 41.5 Å². The Kier molecular flexibility index (Phi) is 6.80. The normalized spacial score (nSPS) is 12.2. The van der Waals surface area contributed by atoms with Gasteiger partial charge in [-0.2, -0.15) is 0 Å². The van der Waals surface area contributed by atoms with Crippen molar-refractivity contribution in [2.75, 3.05) is 19.7 Å². The molecule has 1 unspecified atom stereocenters. The van der Waals surface area contributed by atoms with E-state index in [1.807, 2.05) is 24.3 Å². The molecule has 0 amide bonds. The maximum absolute atomic E-state index is 9.65. The Morgan fingerprint density at radius 1 is 1.53 bits per heavy atom. The van der Waals surface area contributed by atoms with Crippen molar-refractivity contribution in [3.63, 3.8) is 0 Å². The van der Waals surface area contributed by atoms with E-state index in [4.69, 9.17) is 4.74 Å². The first kappa shape index (κ1) is 14.7. The average Bonchev–Trinajstić information content (AvgIpc) is 2.26. The molecule has 1 aromatic rings. The van der Waals surface area contributed by atoms with E-state index in [0.717, 1.165) is 14.7 Å². The van der Waals surface area contributed by atoms with Gasteiger partial charge >= 0.3 is 0 Å². The maximum atomic E-state index is 9.65. The summed E-state index contributed by atoms with van der Waals surface area (Å²) in [6.07, 6.45) is -0.541. The molecule has 0 spiro atoms. The molecule has 17 heavy (non-hydrogen) atoms. The van der Waals surface area contributed by atoms with Crippen molar-refractivity contribution in [3.05, 3.63) is 39.8 Å². The van der Waals surface area contributed by atoms with Crippen LogP contribution in [0.25, 0.3) is 0 Å². The van der Waals surface area contributed by atoms with Crippen LogP contribution in [0.1, 0.15) is 0 Å². The summed E-state index contributed by atoms with van der Waals surface area (Å²) in [5.41, 5.74) is 0. The summed E-state index contributed by atoms with van der Waals surface area (Å²) in [7, 11) is 0. The SMILES string of the molecule is C=C(Br)CNCC(O)COc1cccc(Br)c1. The quantitative estimate of drug-likeness (QED) is 0.781. The van der Waals surface area contributed by atoms with Crippen molar-refractivity contribution in [1.82, 2.24) is 5.32 Å². The second kappa shape index (κ2) is 7.87. The van der Waals surface area contributed by atoms with E-state index in [1.165, 1.54) is 0 Å². The van der Waals surface area contributed by atoms with Gasteiger partial charge in [0.25, 0.3) is 0 Å². The summed E-state index contributed by atoms with van der Waals surface area (Å²) >= 11 is 6.59. The molecule has 5 heteroatoms. The summed E-state index contributed by atoms with van der Waals surface area (Å²) in [6.45, 7) is 5.06. The van der Waals surface area contributed by atoms with Crippen LogP contribution in [0.3, 0.4) is 0 Å². The lowest BCUT2D eigenvalue weighted by Gasteiger charge is -2.13. The molecule has 0 aliphatic heterocycles. The number of rotatable bonds is 7. The fourth-order valence-corrected chi connectivity index (χ4v) is 1.76. The van der Waals surface area contributed by atoms with E-state index in [-0.39, 0.29) is 6.61 Å². The van der Waals surface area contributed by atoms with Gasteiger partial charge in [0.15, 0.2) is 0 Å². The zero-order valence-corrected chi connectivity index (χ0v) is 12.5. The van der Waals surface area contributed by atoms with Gasteiger partial charge in [-0.3, -0.25) is 0 Å². The van der Waals surface area contributed by atoms with Gasteiger partial charge in [0.05, 0.1) is 0 Å². The van der Waals surface area contributed by atoms with E-state index >= 15 is 0 Å². The van der Waals surface area contributed by atoms with Crippen molar-refractivity contribution in [1.29, 1.82) is 0 Å². The minimum Gasteiger partial charge on any atom is -0.491 e. The molecule has 0 radical (unpaired) electrons. The van der Waals surface area contributed by atoms with Crippen LogP contribution in [0, 0.1) is 0 Å². The summed E-state index contributed by atoms with van der Waals surface area (Å²) in [6, 6.07) is 7.52. The molecule has 0 saturated heterocycles. The minimum absolute atomic E-state index is 0.262. The zero-order chi connectivity index (χ0) is 12.7. The van der Waals surface area contributed by atoms with Crippen molar-refractivity contribution in [2.24, 2.45) is 0 Å². The smallest absolute Gasteiger partial charge is 0.120 e. The molecular formula is C12H15Br2NO2. The highest BCUT2D eigenvalue weighted by Gasteiger charge is 2.05. The summed E-state index contributed by atoms with van der Waals surface area (Å²) in [5.74, 6) is 0.739. The van der Waals surface area contributed by atoms with Crippen LogP contribution in [0.5, 0.6) is 5.75 Å². The number of nitrogens with one attached hydrogen (secondary N) is 1. The third-order valence-corrected chi connectivity index (χ3v) is 2.71. The Hall–Kier alpha value is -0.360. The van der Waals surface area contributed by atoms with E-state index < -0.39 is 6.10 Å². The lowest BCUT2D eigenvalue weighted by Crippen LogP contribution is -2.32. The van der Waals surface area contributed by atoms with Gasteiger partial charge < -0.3 is 15.2 Å². The molecule has 0 fully saturated rings. The largest absolute Gasteiger partial charge is 0.491 e. The predicted octanol–water partition coefficient (Wildman–Crippen LogP) is 2.69. The van der Waals surface area contributed by atoms with E-state index in [2.05, 4.69) is 43.8 Å². The summed E-state index contributed by atoms with van der Waals surface area (Å²) in [5, 5.41) is 12.7. The lowest BCUT2D eigenvalue weighted by atomic mass is 10.3. The molecule has 0 aromatic heterocycles. The summed E-state index contributed by atoms with van der Waals surface area (Å²) in [4.78, 5) is 0. The second-order valence-corrected chi connectivity index (χ2v) is 5.61. The number of benzene rings is 1. The van der Waals surface area contributed by atoms with E-state index in [1.54, 1.807) is 0 Å². The molecule has 1 aromatic carbocycles. The maximum Gasteiger partial charge on any atom is 0.120 e. The Balaban J connectivity index is 2.23. The van der Waals surface area contributed by atoms with Gasteiger partial charge in [-0.1, -0.05) is 44.5 Å². The fraction of sp³-hybridized carbons (Fsp3) is 0.333. The van der Waals surface area contributed by atoms with Crippen molar-refractivity contribution in [2.45, 2.75) is 6.10 Å². The van der Waals surface area contributed by atoms with Gasteiger partial charge in [0.1, 0.15) is 18.5 Å². The molecule has 0 bridgehead atoms. The third-order valence-electron chi connectivity index (χ3n) is 1.94. The zero-order valence-electron chi connectivity index (χ0n) is 9.33. The van der Waals surface area contributed by atoms with Gasteiger partial charge in [0.2, 0.25) is 0 Å². The Labute approximate surface area is 118 Å². The number of hydrogen-bond donors (Lipinski definition) is 2. The lowest BCUT2D eigenvalue weighted by molar-refractivity contribution is 0.107. The highest BCUT2D eigenvalue weighted by molar-refractivity contribution is 9.11. The Morgan fingerprint density at radius 2 is 2.29 bits per heavy atom. The van der Waals surface area contributed by atoms with Crippen molar-refractivity contribution >= 4 is 31.9 Å².